The van der Waals surface area contributed by atoms with Gasteiger partial charge in [0.1, 0.15) is 0 Å². The fraction of sp³-hybridized carbons (Fsp3) is 0.375. The quantitative estimate of drug-likeness (QED) is 0.328. The van der Waals surface area contributed by atoms with Crippen LogP contribution in [0, 0.1) is 0 Å². The van der Waals surface area contributed by atoms with E-state index in [0.29, 0.717) is 38.1 Å². The van der Waals surface area contributed by atoms with Gasteiger partial charge in [-0.2, -0.15) is 0 Å². The van der Waals surface area contributed by atoms with E-state index in [9.17, 15) is 13.2 Å². The Kier molecular flexibility index (Phi) is 7.14. The van der Waals surface area contributed by atoms with Gasteiger partial charge in [0.2, 0.25) is 10.0 Å². The lowest BCUT2D eigenvalue weighted by molar-refractivity contribution is 0.0549. The van der Waals surface area contributed by atoms with Crippen molar-refractivity contribution >= 4 is 26.8 Å². The fourth-order valence-electron chi connectivity index (χ4n) is 4.50. The van der Waals surface area contributed by atoms with Gasteiger partial charge in [0.25, 0.3) is 5.91 Å². The zero-order chi connectivity index (χ0) is 23.4. The van der Waals surface area contributed by atoms with Gasteiger partial charge in [-0.1, -0.05) is 30.3 Å². The molecule has 1 aromatic heterocycles. The van der Waals surface area contributed by atoms with E-state index in [4.69, 9.17) is 10.6 Å². The van der Waals surface area contributed by atoms with Crippen LogP contribution in [0.2, 0.25) is 0 Å². The van der Waals surface area contributed by atoms with E-state index in [2.05, 4.69) is 16.5 Å². The van der Waals surface area contributed by atoms with Gasteiger partial charge in [0.05, 0.1) is 23.4 Å². The van der Waals surface area contributed by atoms with Crippen LogP contribution in [0.25, 0.3) is 22.0 Å². The highest BCUT2D eigenvalue weighted by atomic mass is 32.2. The second-order valence-corrected chi connectivity index (χ2v) is 10.3. The van der Waals surface area contributed by atoms with E-state index < -0.39 is 15.9 Å². The molecule has 33 heavy (non-hydrogen) atoms. The molecule has 0 unspecified atom stereocenters. The third-order valence-electron chi connectivity index (χ3n) is 6.19. The van der Waals surface area contributed by atoms with E-state index in [1.807, 2.05) is 49.5 Å². The summed E-state index contributed by atoms with van der Waals surface area (Å²) in [7, 11) is -3.34. The summed E-state index contributed by atoms with van der Waals surface area (Å²) in [4.78, 5) is 20.4. The van der Waals surface area contributed by atoms with Crippen LogP contribution in [0.4, 0.5) is 0 Å². The number of benzene rings is 2. The van der Waals surface area contributed by atoms with E-state index in [1.165, 1.54) is 0 Å². The lowest BCUT2D eigenvalue weighted by atomic mass is 9.88. The summed E-state index contributed by atoms with van der Waals surface area (Å²) >= 11 is 0. The molecule has 0 radical (unpaired) electrons. The number of hydrogen-bond donors (Lipinski definition) is 3. The van der Waals surface area contributed by atoms with Gasteiger partial charge in [0, 0.05) is 31.2 Å². The summed E-state index contributed by atoms with van der Waals surface area (Å²) < 4.78 is 26.9. The Bertz CT molecular complexity index is 1220. The number of carbonyl (C=O) groups is 1. The first-order chi connectivity index (χ1) is 15.9. The summed E-state index contributed by atoms with van der Waals surface area (Å²) in [6.45, 7) is 3.52. The number of aromatic nitrogens is 1. The Labute approximate surface area is 194 Å². The van der Waals surface area contributed by atoms with E-state index in [0.717, 1.165) is 27.6 Å². The summed E-state index contributed by atoms with van der Waals surface area (Å²) in [5.74, 6) is -0.279. The van der Waals surface area contributed by atoms with Crippen LogP contribution in [0.1, 0.15) is 41.6 Å². The number of fused-ring (bicyclic) bond motifs is 1. The number of aromatic amines is 1. The normalized spacial score (nSPS) is 15.8. The molecule has 2 aromatic carbocycles. The van der Waals surface area contributed by atoms with Crippen LogP contribution in [0.15, 0.2) is 48.7 Å². The van der Waals surface area contributed by atoms with Crippen molar-refractivity contribution < 1.29 is 18.0 Å². The third kappa shape index (κ3) is 5.11. The Morgan fingerprint density at radius 1 is 1.18 bits per heavy atom. The number of amides is 1. The number of nitrogens with two attached hydrogens (primary N) is 1. The molecule has 0 atom stereocenters. The molecule has 9 heteroatoms. The predicted molar refractivity (Wildman–Crippen MR) is 129 cm³/mol. The van der Waals surface area contributed by atoms with Crippen LogP contribution < -0.4 is 11.2 Å². The van der Waals surface area contributed by atoms with Crippen molar-refractivity contribution in [3.63, 3.8) is 0 Å². The van der Waals surface area contributed by atoms with Crippen molar-refractivity contribution in [2.45, 2.75) is 25.7 Å². The van der Waals surface area contributed by atoms with E-state index in [-0.39, 0.29) is 18.2 Å². The number of H-pyrrole nitrogens is 1. The first kappa shape index (κ1) is 23.4. The van der Waals surface area contributed by atoms with Crippen LogP contribution in [0.5, 0.6) is 0 Å². The van der Waals surface area contributed by atoms with Crippen LogP contribution in [-0.2, 0) is 14.9 Å². The average molecular weight is 471 g/mol. The lowest BCUT2D eigenvalue weighted by Gasteiger charge is -2.31. The van der Waals surface area contributed by atoms with Crippen molar-refractivity contribution in [3.05, 3.63) is 59.8 Å². The maximum Gasteiger partial charge on any atom is 0.250 e. The molecule has 0 aliphatic carbocycles. The fourth-order valence-corrected chi connectivity index (χ4v) is 5.87. The van der Waals surface area contributed by atoms with E-state index in [1.54, 1.807) is 4.31 Å². The third-order valence-corrected chi connectivity index (χ3v) is 8.06. The Morgan fingerprint density at radius 3 is 2.58 bits per heavy atom. The van der Waals surface area contributed by atoms with Gasteiger partial charge in [-0.3, -0.25) is 4.79 Å². The minimum Gasteiger partial charge on any atom is -0.366 e. The Balaban J connectivity index is 1.56. The molecule has 2 heterocycles. The molecule has 0 saturated carbocycles. The van der Waals surface area contributed by atoms with Gasteiger partial charge in [0.15, 0.2) is 0 Å². The summed E-state index contributed by atoms with van der Waals surface area (Å²) in [5, 5.41) is 0.965. The summed E-state index contributed by atoms with van der Waals surface area (Å²) in [6.07, 6.45) is 3.37. The van der Waals surface area contributed by atoms with Crippen LogP contribution in [0.3, 0.4) is 0 Å². The number of hydroxylamine groups is 1. The molecular formula is C24H30N4O4S. The molecule has 0 spiro atoms. The molecule has 176 valence electrons. The summed E-state index contributed by atoms with van der Waals surface area (Å²) in [5.41, 5.74) is 12.6. The van der Waals surface area contributed by atoms with Gasteiger partial charge >= 0.3 is 0 Å². The number of nitrogens with one attached hydrogen (secondary N) is 2. The monoisotopic (exact) mass is 470 g/mol. The molecule has 4 rings (SSSR count). The van der Waals surface area contributed by atoms with Gasteiger partial charge in [-0.15, -0.1) is 0 Å². The molecule has 1 fully saturated rings. The highest BCUT2D eigenvalue weighted by molar-refractivity contribution is 7.89. The Hall–Kier alpha value is -2.72. The van der Waals surface area contributed by atoms with Crippen molar-refractivity contribution in [2.24, 2.45) is 5.73 Å². The van der Waals surface area contributed by atoms with Gasteiger partial charge < -0.3 is 15.6 Å². The van der Waals surface area contributed by atoms with Crippen molar-refractivity contribution in [1.29, 1.82) is 0 Å². The molecule has 1 amide bonds. The van der Waals surface area contributed by atoms with Crippen LogP contribution >= 0.6 is 0 Å². The second kappa shape index (κ2) is 10.0. The molecule has 1 aliphatic rings. The van der Waals surface area contributed by atoms with Crippen LogP contribution in [-0.4, -0.2) is 55.6 Å². The number of rotatable bonds is 9. The molecule has 0 bridgehead atoms. The Morgan fingerprint density at radius 2 is 1.91 bits per heavy atom. The van der Waals surface area contributed by atoms with Crippen molar-refractivity contribution in [2.75, 3.05) is 32.0 Å². The number of sulfonamides is 1. The summed E-state index contributed by atoms with van der Waals surface area (Å²) in [6, 6.07) is 13.8. The minimum atomic E-state index is -3.34. The zero-order valence-corrected chi connectivity index (χ0v) is 19.5. The maximum atomic E-state index is 12.6. The lowest BCUT2D eigenvalue weighted by Crippen LogP contribution is -2.41. The number of carbonyl (C=O) groups excluding carboxylic acids is 1. The van der Waals surface area contributed by atoms with Crippen molar-refractivity contribution in [1.82, 2.24) is 14.8 Å². The number of primary amides is 1. The number of piperidine rings is 1. The first-order valence-corrected chi connectivity index (χ1v) is 12.8. The minimum absolute atomic E-state index is 0.00710. The second-order valence-electron chi connectivity index (χ2n) is 8.24. The van der Waals surface area contributed by atoms with E-state index >= 15 is 0 Å². The molecule has 1 aliphatic heterocycles. The molecule has 8 nitrogen and oxygen atoms in total. The largest absolute Gasteiger partial charge is 0.366 e. The van der Waals surface area contributed by atoms with Crippen molar-refractivity contribution in [3.8, 4) is 11.1 Å². The first-order valence-electron chi connectivity index (χ1n) is 11.2. The number of hydrogen-bond acceptors (Lipinski definition) is 5. The highest BCUT2D eigenvalue weighted by Crippen LogP contribution is 2.37. The zero-order valence-electron chi connectivity index (χ0n) is 18.7. The standard InChI is InChI=1S/C24H30N4O4S/c1-2-32-27-10-13-33(30,31)28-11-8-18(9-12-28)22-16-26-23-20(22)14-19(15-21(23)24(25)29)17-6-4-3-5-7-17/h3-7,14-16,18,26-27H,2,8-13H2,1H3,(H2,25,29). The SMILES string of the molecule is CCONCCS(=O)(=O)N1CCC(c2c[nH]c3c(C(N)=O)cc(-c4ccccc4)cc23)CC1. The maximum absolute atomic E-state index is 12.6. The highest BCUT2D eigenvalue weighted by Gasteiger charge is 2.30. The predicted octanol–water partition coefficient (Wildman–Crippen LogP) is 2.98. The number of nitrogens with zero attached hydrogens (tertiary/aromatic N) is 1. The molecule has 1 saturated heterocycles. The van der Waals surface area contributed by atoms with Gasteiger partial charge in [-0.25, -0.2) is 18.2 Å². The molecule has 4 N–H and O–H groups in total. The van der Waals surface area contributed by atoms with Gasteiger partial charge in [-0.05, 0) is 54.5 Å². The average Bonchev–Trinajstić information content (AvgIpc) is 3.26. The molecular weight excluding hydrogens is 440 g/mol. The topological polar surface area (TPSA) is 118 Å². The molecule has 3 aromatic rings. The smallest absolute Gasteiger partial charge is 0.250 e.